The third-order valence-corrected chi connectivity index (χ3v) is 3.71. The fraction of sp³-hybridized carbons (Fsp3) is 0.538. The molecule has 1 aromatic rings. The van der Waals surface area contributed by atoms with Crippen molar-refractivity contribution in [3.05, 3.63) is 28.2 Å². The molecule has 0 aliphatic carbocycles. The van der Waals surface area contributed by atoms with E-state index in [2.05, 4.69) is 27.3 Å². The molecule has 4 nitrogen and oxygen atoms in total. The Hall–Kier alpha value is -0.620. The first-order valence-corrected chi connectivity index (χ1v) is 6.77. The van der Waals surface area contributed by atoms with E-state index in [9.17, 15) is 10.2 Å². The lowest BCUT2D eigenvalue weighted by molar-refractivity contribution is 0.0928. The average molecular weight is 316 g/mol. The number of halogens is 1. The Balaban J connectivity index is 1.92. The summed E-state index contributed by atoms with van der Waals surface area (Å²) in [6.07, 6.45) is 0.890. The summed E-state index contributed by atoms with van der Waals surface area (Å²) in [7, 11) is 0. The Bertz CT molecular complexity index is 421. The minimum Gasteiger partial charge on any atom is -0.488 e. The first-order valence-electron chi connectivity index (χ1n) is 5.98. The zero-order chi connectivity index (χ0) is 13.2. The molecule has 0 amide bonds. The molecule has 2 rings (SSSR count). The number of hydrogen-bond donors (Lipinski definition) is 3. The molecule has 0 saturated carbocycles. The van der Waals surface area contributed by atoms with Crippen LogP contribution in [-0.4, -0.2) is 41.6 Å². The van der Waals surface area contributed by atoms with Crippen LogP contribution in [0.15, 0.2) is 22.7 Å². The van der Waals surface area contributed by atoms with E-state index in [1.807, 2.05) is 12.1 Å². The molecular formula is C13H18BrNO3. The highest BCUT2D eigenvalue weighted by molar-refractivity contribution is 9.10. The van der Waals surface area contributed by atoms with E-state index in [1.165, 1.54) is 5.56 Å². The predicted octanol–water partition coefficient (Wildman–Crippen LogP) is 1.09. The third kappa shape index (κ3) is 3.03. The number of fused-ring (bicyclic) bond motifs is 1. The molecule has 1 aliphatic heterocycles. The van der Waals surface area contributed by atoms with Gasteiger partial charge in [0.05, 0.1) is 18.8 Å². The summed E-state index contributed by atoms with van der Waals surface area (Å²) in [5.74, 6) is 0.916. The number of hydrogen-bond acceptors (Lipinski definition) is 4. The van der Waals surface area contributed by atoms with Gasteiger partial charge in [-0.25, -0.2) is 0 Å². The van der Waals surface area contributed by atoms with Gasteiger partial charge in [-0.3, -0.25) is 0 Å². The van der Waals surface area contributed by atoms with Crippen LogP contribution in [0.1, 0.15) is 12.5 Å². The Kier molecular flexibility index (Phi) is 4.27. The van der Waals surface area contributed by atoms with Gasteiger partial charge >= 0.3 is 0 Å². The van der Waals surface area contributed by atoms with Crippen LogP contribution in [0, 0.1) is 0 Å². The van der Waals surface area contributed by atoms with Gasteiger partial charge in [0, 0.05) is 17.4 Å². The Morgan fingerprint density at radius 1 is 1.44 bits per heavy atom. The van der Waals surface area contributed by atoms with Crippen molar-refractivity contribution < 1.29 is 14.9 Å². The Labute approximate surface area is 115 Å². The largest absolute Gasteiger partial charge is 0.488 e. The molecule has 0 spiro atoms. The van der Waals surface area contributed by atoms with Gasteiger partial charge in [0.2, 0.25) is 0 Å². The van der Waals surface area contributed by atoms with Gasteiger partial charge in [-0.2, -0.15) is 0 Å². The summed E-state index contributed by atoms with van der Waals surface area (Å²) < 4.78 is 6.85. The zero-order valence-corrected chi connectivity index (χ0v) is 11.9. The maximum atomic E-state index is 9.20. The molecule has 0 fully saturated rings. The number of nitrogens with one attached hydrogen (secondary N) is 1. The van der Waals surface area contributed by atoms with Gasteiger partial charge < -0.3 is 20.3 Å². The molecule has 100 valence electrons. The van der Waals surface area contributed by atoms with Crippen molar-refractivity contribution in [3.8, 4) is 5.75 Å². The van der Waals surface area contributed by atoms with E-state index in [0.717, 1.165) is 16.6 Å². The van der Waals surface area contributed by atoms with E-state index in [1.54, 1.807) is 6.92 Å². The van der Waals surface area contributed by atoms with E-state index in [0.29, 0.717) is 6.54 Å². The summed E-state index contributed by atoms with van der Waals surface area (Å²) in [6.45, 7) is 2.18. The highest BCUT2D eigenvalue weighted by atomic mass is 79.9. The molecule has 0 saturated heterocycles. The third-order valence-electron chi connectivity index (χ3n) is 3.22. The molecule has 0 bridgehead atoms. The van der Waals surface area contributed by atoms with Crippen LogP contribution in [0.25, 0.3) is 0 Å². The number of benzene rings is 1. The summed E-state index contributed by atoms with van der Waals surface area (Å²) in [5.41, 5.74) is 0.532. The minimum atomic E-state index is -0.654. The van der Waals surface area contributed by atoms with Crippen molar-refractivity contribution in [2.75, 3.05) is 19.8 Å². The molecule has 0 radical (unpaired) electrons. The zero-order valence-electron chi connectivity index (χ0n) is 10.3. The molecule has 1 atom stereocenters. The van der Waals surface area contributed by atoms with Crippen molar-refractivity contribution in [1.82, 2.24) is 5.32 Å². The maximum absolute atomic E-state index is 9.20. The molecular weight excluding hydrogens is 298 g/mol. The first-order chi connectivity index (χ1) is 8.56. The SMILES string of the molecule is CC(CO)(CO)NCC1Cc2cc(Br)ccc2O1. The lowest BCUT2D eigenvalue weighted by Gasteiger charge is -2.27. The van der Waals surface area contributed by atoms with Crippen LogP contribution in [0.5, 0.6) is 5.75 Å². The molecule has 1 aromatic carbocycles. The molecule has 1 aliphatic rings. The van der Waals surface area contributed by atoms with Gasteiger partial charge in [-0.1, -0.05) is 15.9 Å². The summed E-state index contributed by atoms with van der Waals surface area (Å²) in [6, 6.07) is 5.98. The van der Waals surface area contributed by atoms with Gasteiger partial charge in [-0.15, -0.1) is 0 Å². The molecule has 0 aromatic heterocycles. The number of rotatable bonds is 5. The smallest absolute Gasteiger partial charge is 0.123 e. The summed E-state index contributed by atoms with van der Waals surface area (Å²) in [4.78, 5) is 0. The van der Waals surface area contributed by atoms with Crippen molar-refractivity contribution in [2.24, 2.45) is 0 Å². The second kappa shape index (κ2) is 5.57. The number of aliphatic hydroxyl groups excluding tert-OH is 2. The standard InChI is InChI=1S/C13H18BrNO3/c1-13(7-16,8-17)15-6-11-5-9-4-10(14)2-3-12(9)18-11/h2-4,11,15-17H,5-8H2,1H3. The van der Waals surface area contributed by atoms with E-state index < -0.39 is 5.54 Å². The molecule has 3 N–H and O–H groups in total. The number of ether oxygens (including phenoxy) is 1. The first kappa shape index (κ1) is 13.8. The molecule has 1 heterocycles. The topological polar surface area (TPSA) is 61.7 Å². The number of aliphatic hydroxyl groups is 2. The van der Waals surface area contributed by atoms with Crippen LogP contribution in [0.4, 0.5) is 0 Å². The van der Waals surface area contributed by atoms with Crippen molar-refractivity contribution >= 4 is 15.9 Å². The van der Waals surface area contributed by atoms with Crippen LogP contribution in [-0.2, 0) is 6.42 Å². The Morgan fingerprint density at radius 3 is 2.83 bits per heavy atom. The lowest BCUT2D eigenvalue weighted by atomic mass is 10.0. The molecule has 1 unspecified atom stereocenters. The minimum absolute atomic E-state index is 0.0479. The van der Waals surface area contributed by atoms with Gasteiger partial charge in [0.1, 0.15) is 11.9 Å². The van der Waals surface area contributed by atoms with E-state index in [4.69, 9.17) is 4.74 Å². The lowest BCUT2D eigenvalue weighted by Crippen LogP contribution is -2.52. The van der Waals surface area contributed by atoms with Gasteiger partial charge in [0.25, 0.3) is 0 Å². The predicted molar refractivity (Wildman–Crippen MR) is 72.8 cm³/mol. The van der Waals surface area contributed by atoms with Gasteiger partial charge in [-0.05, 0) is 30.7 Å². The van der Waals surface area contributed by atoms with Crippen molar-refractivity contribution in [2.45, 2.75) is 25.0 Å². The highest BCUT2D eigenvalue weighted by Gasteiger charge is 2.27. The van der Waals surface area contributed by atoms with Crippen LogP contribution < -0.4 is 10.1 Å². The maximum Gasteiger partial charge on any atom is 0.123 e. The van der Waals surface area contributed by atoms with Crippen molar-refractivity contribution in [3.63, 3.8) is 0 Å². The fourth-order valence-corrected chi connectivity index (χ4v) is 2.33. The normalized spacial score (nSPS) is 18.6. The van der Waals surface area contributed by atoms with Crippen LogP contribution >= 0.6 is 15.9 Å². The fourth-order valence-electron chi connectivity index (χ4n) is 1.92. The monoisotopic (exact) mass is 315 g/mol. The summed E-state index contributed by atoms with van der Waals surface area (Å²) >= 11 is 3.44. The van der Waals surface area contributed by atoms with E-state index >= 15 is 0 Å². The average Bonchev–Trinajstić information content (AvgIpc) is 2.78. The van der Waals surface area contributed by atoms with E-state index in [-0.39, 0.29) is 19.3 Å². The van der Waals surface area contributed by atoms with Crippen molar-refractivity contribution in [1.29, 1.82) is 0 Å². The molecule has 18 heavy (non-hydrogen) atoms. The highest BCUT2D eigenvalue weighted by Crippen LogP contribution is 2.31. The second-order valence-corrected chi connectivity index (χ2v) is 5.87. The quantitative estimate of drug-likeness (QED) is 0.761. The summed E-state index contributed by atoms with van der Waals surface area (Å²) in [5, 5.41) is 21.5. The van der Waals surface area contributed by atoms with Crippen LogP contribution in [0.3, 0.4) is 0 Å². The Morgan fingerprint density at radius 2 is 2.17 bits per heavy atom. The molecule has 5 heteroatoms. The van der Waals surface area contributed by atoms with Crippen LogP contribution in [0.2, 0.25) is 0 Å². The second-order valence-electron chi connectivity index (χ2n) is 4.95. The van der Waals surface area contributed by atoms with Gasteiger partial charge in [0.15, 0.2) is 0 Å².